The molecule has 0 aromatic rings. The minimum atomic E-state index is 0.169. The molecule has 1 fully saturated rings. The Kier molecular flexibility index (Phi) is 7.72. The summed E-state index contributed by atoms with van der Waals surface area (Å²) in [6.07, 6.45) is 0.871. The third kappa shape index (κ3) is 6.33. The van der Waals surface area contributed by atoms with E-state index in [2.05, 4.69) is 22.2 Å². The van der Waals surface area contributed by atoms with Crippen LogP contribution >= 0.6 is 0 Å². The van der Waals surface area contributed by atoms with E-state index in [0.29, 0.717) is 6.61 Å². The van der Waals surface area contributed by atoms with Gasteiger partial charge in [0, 0.05) is 59.0 Å². The zero-order valence-electron chi connectivity index (χ0n) is 11.2. The molecule has 0 saturated carbocycles. The lowest BCUT2D eigenvalue weighted by Gasteiger charge is -2.32. The van der Waals surface area contributed by atoms with Crippen LogP contribution in [0.1, 0.15) is 6.42 Å². The van der Waals surface area contributed by atoms with Gasteiger partial charge in [-0.05, 0) is 13.5 Å². The first-order valence-corrected chi connectivity index (χ1v) is 6.50. The molecule has 0 amide bonds. The lowest BCUT2D eigenvalue weighted by atomic mass is 10.2. The van der Waals surface area contributed by atoms with Crippen molar-refractivity contribution in [2.45, 2.75) is 12.5 Å². The summed E-state index contributed by atoms with van der Waals surface area (Å²) in [4.78, 5) is 4.83. The number of nitrogens with one attached hydrogen (secondary N) is 1. The van der Waals surface area contributed by atoms with Crippen molar-refractivity contribution >= 4 is 0 Å². The van der Waals surface area contributed by atoms with Gasteiger partial charge in [-0.1, -0.05) is 0 Å². The maximum absolute atomic E-state index is 9.19. The summed E-state index contributed by atoms with van der Waals surface area (Å²) < 4.78 is 5.02. The van der Waals surface area contributed by atoms with Gasteiger partial charge in [-0.25, -0.2) is 0 Å². The molecule has 1 heterocycles. The average Bonchev–Trinajstić information content (AvgIpc) is 2.36. The summed E-state index contributed by atoms with van der Waals surface area (Å²) in [5.74, 6) is 0. The highest BCUT2D eigenvalue weighted by Gasteiger charge is 2.13. The second-order valence-corrected chi connectivity index (χ2v) is 4.76. The lowest BCUT2D eigenvalue weighted by molar-refractivity contribution is 0.142. The van der Waals surface area contributed by atoms with E-state index in [-0.39, 0.29) is 12.6 Å². The van der Waals surface area contributed by atoms with Crippen LogP contribution in [-0.4, -0.2) is 87.6 Å². The van der Waals surface area contributed by atoms with Gasteiger partial charge in [0.1, 0.15) is 0 Å². The Balaban J connectivity index is 2.05. The van der Waals surface area contributed by atoms with Crippen LogP contribution in [0.2, 0.25) is 0 Å². The molecule has 1 atom stereocenters. The highest BCUT2D eigenvalue weighted by atomic mass is 16.5. The van der Waals surface area contributed by atoms with E-state index in [9.17, 15) is 5.11 Å². The quantitative estimate of drug-likeness (QED) is 0.587. The van der Waals surface area contributed by atoms with Crippen molar-refractivity contribution in [2.75, 3.05) is 66.6 Å². The fourth-order valence-corrected chi connectivity index (χ4v) is 2.02. The van der Waals surface area contributed by atoms with Crippen molar-refractivity contribution in [1.29, 1.82) is 0 Å². The molecule has 1 aliphatic rings. The molecule has 17 heavy (non-hydrogen) atoms. The van der Waals surface area contributed by atoms with E-state index in [1.807, 2.05) is 0 Å². The molecule has 0 radical (unpaired) electrons. The monoisotopic (exact) mass is 245 g/mol. The molecule has 0 spiro atoms. The summed E-state index contributed by atoms with van der Waals surface area (Å²) in [5, 5.41) is 12.6. The Hall–Kier alpha value is -0.200. The molecule has 1 saturated heterocycles. The van der Waals surface area contributed by atoms with Gasteiger partial charge in [0.25, 0.3) is 0 Å². The number of rotatable bonds is 8. The molecule has 102 valence electrons. The zero-order chi connectivity index (χ0) is 12.5. The van der Waals surface area contributed by atoms with Crippen molar-refractivity contribution in [3.8, 4) is 0 Å². The summed E-state index contributed by atoms with van der Waals surface area (Å²) in [5.41, 5.74) is 0. The average molecular weight is 245 g/mol. The van der Waals surface area contributed by atoms with Crippen molar-refractivity contribution in [3.63, 3.8) is 0 Å². The normalized spacial score (nSPS) is 20.6. The molecular formula is C12H27N3O2. The molecule has 0 aromatic heterocycles. The van der Waals surface area contributed by atoms with Gasteiger partial charge in [0.15, 0.2) is 0 Å². The van der Waals surface area contributed by atoms with Crippen LogP contribution in [0.15, 0.2) is 0 Å². The predicted molar refractivity (Wildman–Crippen MR) is 69.3 cm³/mol. The lowest BCUT2D eigenvalue weighted by Crippen LogP contribution is -2.47. The standard InChI is InChI=1S/C12H27N3O2/c1-14-6-8-15(9-7-14)5-4-13-12(11-16)3-10-17-2/h12-13,16H,3-11H2,1-2H3. The Morgan fingerprint density at radius 2 is 2.00 bits per heavy atom. The molecule has 0 aromatic carbocycles. The van der Waals surface area contributed by atoms with E-state index in [0.717, 1.165) is 45.7 Å². The smallest absolute Gasteiger partial charge is 0.0585 e. The van der Waals surface area contributed by atoms with Gasteiger partial charge >= 0.3 is 0 Å². The Bertz CT molecular complexity index is 180. The predicted octanol–water partition coefficient (Wildman–Crippen LogP) is -0.779. The van der Waals surface area contributed by atoms with Crippen molar-refractivity contribution < 1.29 is 9.84 Å². The Morgan fingerprint density at radius 1 is 1.29 bits per heavy atom. The number of ether oxygens (including phenoxy) is 1. The zero-order valence-corrected chi connectivity index (χ0v) is 11.2. The number of methoxy groups -OCH3 is 1. The maximum Gasteiger partial charge on any atom is 0.0585 e. The summed E-state index contributed by atoms with van der Waals surface area (Å²) in [6.45, 7) is 7.52. The third-order valence-electron chi connectivity index (χ3n) is 3.35. The van der Waals surface area contributed by atoms with Crippen LogP contribution in [-0.2, 0) is 4.74 Å². The number of aliphatic hydroxyl groups excluding tert-OH is 1. The van der Waals surface area contributed by atoms with Gasteiger partial charge in [0.2, 0.25) is 0 Å². The molecule has 0 aliphatic carbocycles. The first kappa shape index (κ1) is 14.9. The second-order valence-electron chi connectivity index (χ2n) is 4.76. The van der Waals surface area contributed by atoms with Gasteiger partial charge < -0.3 is 20.1 Å². The summed E-state index contributed by atoms with van der Waals surface area (Å²) in [6, 6.07) is 0.169. The van der Waals surface area contributed by atoms with Gasteiger partial charge in [-0.3, -0.25) is 4.90 Å². The van der Waals surface area contributed by atoms with E-state index in [4.69, 9.17) is 4.74 Å². The molecule has 5 heteroatoms. The second kappa shape index (κ2) is 8.83. The number of hydrogen-bond donors (Lipinski definition) is 2. The summed E-state index contributed by atoms with van der Waals surface area (Å²) >= 11 is 0. The topological polar surface area (TPSA) is 48.0 Å². The van der Waals surface area contributed by atoms with Gasteiger partial charge in [-0.2, -0.15) is 0 Å². The first-order chi connectivity index (χ1) is 8.26. The molecule has 0 bridgehead atoms. The van der Waals surface area contributed by atoms with E-state index in [1.54, 1.807) is 7.11 Å². The maximum atomic E-state index is 9.19. The number of aliphatic hydroxyl groups is 1. The number of nitrogens with zero attached hydrogens (tertiary/aromatic N) is 2. The molecule has 1 aliphatic heterocycles. The number of piperazine rings is 1. The van der Waals surface area contributed by atoms with E-state index >= 15 is 0 Å². The summed E-state index contributed by atoms with van der Waals surface area (Å²) in [7, 11) is 3.86. The SMILES string of the molecule is COCCC(CO)NCCN1CCN(C)CC1. The first-order valence-electron chi connectivity index (χ1n) is 6.50. The van der Waals surface area contributed by atoms with Crippen LogP contribution in [0, 0.1) is 0 Å². The molecule has 1 rings (SSSR count). The fraction of sp³-hybridized carbons (Fsp3) is 1.00. The van der Waals surface area contributed by atoms with Crippen molar-refractivity contribution in [1.82, 2.24) is 15.1 Å². The van der Waals surface area contributed by atoms with Crippen molar-refractivity contribution in [2.24, 2.45) is 0 Å². The van der Waals surface area contributed by atoms with Gasteiger partial charge in [0.05, 0.1) is 6.61 Å². The van der Waals surface area contributed by atoms with Crippen LogP contribution in [0.25, 0.3) is 0 Å². The van der Waals surface area contributed by atoms with E-state index < -0.39 is 0 Å². The molecule has 5 nitrogen and oxygen atoms in total. The van der Waals surface area contributed by atoms with E-state index in [1.165, 1.54) is 0 Å². The number of hydrogen-bond acceptors (Lipinski definition) is 5. The van der Waals surface area contributed by atoms with Gasteiger partial charge in [-0.15, -0.1) is 0 Å². The van der Waals surface area contributed by atoms with Crippen LogP contribution in [0.4, 0.5) is 0 Å². The molecule has 2 N–H and O–H groups in total. The highest BCUT2D eigenvalue weighted by Crippen LogP contribution is 1.98. The largest absolute Gasteiger partial charge is 0.395 e. The number of likely N-dealkylation sites (N-methyl/N-ethyl adjacent to an activating group) is 1. The minimum absolute atomic E-state index is 0.169. The Labute approximate surface area is 105 Å². The van der Waals surface area contributed by atoms with Crippen LogP contribution in [0.5, 0.6) is 0 Å². The molecular weight excluding hydrogens is 218 g/mol. The third-order valence-corrected chi connectivity index (χ3v) is 3.35. The van der Waals surface area contributed by atoms with Crippen LogP contribution in [0.3, 0.4) is 0 Å². The van der Waals surface area contributed by atoms with Crippen molar-refractivity contribution in [3.05, 3.63) is 0 Å². The fourth-order valence-electron chi connectivity index (χ4n) is 2.02. The Morgan fingerprint density at radius 3 is 2.59 bits per heavy atom. The highest BCUT2D eigenvalue weighted by molar-refractivity contribution is 4.71. The molecule has 1 unspecified atom stereocenters. The van der Waals surface area contributed by atoms with Crippen LogP contribution < -0.4 is 5.32 Å². The minimum Gasteiger partial charge on any atom is -0.395 e.